The number of unbranched alkanes of at least 4 members (excludes halogenated alkanes) is 1. The summed E-state index contributed by atoms with van der Waals surface area (Å²) in [7, 11) is 1.69. The molecule has 0 N–H and O–H groups in total. The maximum atomic E-state index is 11.0. The maximum absolute atomic E-state index is 11.0. The van der Waals surface area contributed by atoms with Crippen LogP contribution in [0.2, 0.25) is 0 Å². The zero-order valence-corrected chi connectivity index (χ0v) is 9.23. The normalized spacial score (nSPS) is 10.3. The fourth-order valence-corrected chi connectivity index (χ4v) is 1.20. The first-order valence-corrected chi connectivity index (χ1v) is 5.05. The van der Waals surface area contributed by atoms with E-state index in [1.165, 1.54) is 6.20 Å². The number of hydrogen-bond acceptors (Lipinski definition) is 3. The molecule has 0 spiro atoms. The van der Waals surface area contributed by atoms with Crippen molar-refractivity contribution in [2.75, 3.05) is 20.3 Å². The zero-order valence-electron chi connectivity index (χ0n) is 9.23. The van der Waals surface area contributed by atoms with Gasteiger partial charge in [-0.25, -0.2) is 0 Å². The smallest absolute Gasteiger partial charge is 0.193 e. The second-order valence-corrected chi connectivity index (χ2v) is 3.38. The molecule has 0 aliphatic heterocycles. The van der Waals surface area contributed by atoms with Crippen LogP contribution in [0, 0.1) is 12.1 Å². The Labute approximate surface area is 90.0 Å². The van der Waals surface area contributed by atoms with E-state index in [2.05, 4.69) is 0 Å². The van der Waals surface area contributed by atoms with Crippen LogP contribution in [0.15, 0.2) is 18.3 Å². The standard InChI is InChI=1S/C11H17NO3/c1-10-9-11(5-6-12(10)13)15-8-4-3-7-14-2/h5-6,9H,3-4,7-8H2,1-2H3. The fraction of sp³-hybridized carbons (Fsp3) is 0.545. The molecule has 4 heteroatoms. The first-order valence-electron chi connectivity index (χ1n) is 5.05. The number of methoxy groups -OCH3 is 1. The van der Waals surface area contributed by atoms with Crippen molar-refractivity contribution in [2.45, 2.75) is 19.8 Å². The molecule has 1 heterocycles. The van der Waals surface area contributed by atoms with E-state index < -0.39 is 0 Å². The van der Waals surface area contributed by atoms with E-state index in [-0.39, 0.29) is 0 Å². The lowest BCUT2D eigenvalue weighted by molar-refractivity contribution is -0.612. The second kappa shape index (κ2) is 6.24. The average Bonchev–Trinajstić information content (AvgIpc) is 2.23. The third kappa shape index (κ3) is 4.16. The molecule has 1 rings (SSSR count). The Hall–Kier alpha value is -1.29. The minimum absolute atomic E-state index is 0.643. The third-order valence-electron chi connectivity index (χ3n) is 2.08. The summed E-state index contributed by atoms with van der Waals surface area (Å²) < 4.78 is 11.2. The van der Waals surface area contributed by atoms with E-state index in [0.29, 0.717) is 12.3 Å². The topological polar surface area (TPSA) is 45.4 Å². The molecule has 0 bridgehead atoms. The minimum Gasteiger partial charge on any atom is -0.619 e. The van der Waals surface area contributed by atoms with Crippen molar-refractivity contribution in [3.8, 4) is 5.75 Å². The highest BCUT2D eigenvalue weighted by atomic mass is 16.5. The van der Waals surface area contributed by atoms with Crippen LogP contribution in [-0.4, -0.2) is 20.3 Å². The van der Waals surface area contributed by atoms with Gasteiger partial charge in [-0.05, 0) is 12.8 Å². The van der Waals surface area contributed by atoms with Crippen molar-refractivity contribution in [1.82, 2.24) is 0 Å². The van der Waals surface area contributed by atoms with E-state index in [9.17, 15) is 5.21 Å². The summed E-state index contributed by atoms with van der Waals surface area (Å²) in [5.41, 5.74) is 0.643. The molecule has 1 aromatic heterocycles. The zero-order chi connectivity index (χ0) is 11.1. The summed E-state index contributed by atoms with van der Waals surface area (Å²) in [5, 5.41) is 11.0. The fourth-order valence-electron chi connectivity index (χ4n) is 1.20. The summed E-state index contributed by atoms with van der Waals surface area (Å²) in [6.45, 7) is 3.17. The van der Waals surface area contributed by atoms with Crippen molar-refractivity contribution in [2.24, 2.45) is 0 Å². The first-order chi connectivity index (χ1) is 7.24. The van der Waals surface area contributed by atoms with Gasteiger partial charge in [-0.3, -0.25) is 0 Å². The van der Waals surface area contributed by atoms with Gasteiger partial charge in [0.1, 0.15) is 5.75 Å². The van der Waals surface area contributed by atoms with Crippen LogP contribution in [-0.2, 0) is 4.74 Å². The number of pyridine rings is 1. The molecule has 4 nitrogen and oxygen atoms in total. The predicted octanol–water partition coefficient (Wildman–Crippen LogP) is 1.43. The van der Waals surface area contributed by atoms with Crippen molar-refractivity contribution in [1.29, 1.82) is 0 Å². The molecular weight excluding hydrogens is 194 g/mol. The molecule has 0 aliphatic rings. The Morgan fingerprint density at radius 1 is 1.33 bits per heavy atom. The van der Waals surface area contributed by atoms with Gasteiger partial charge in [0.25, 0.3) is 0 Å². The maximum Gasteiger partial charge on any atom is 0.193 e. The second-order valence-electron chi connectivity index (χ2n) is 3.38. The van der Waals surface area contributed by atoms with Crippen LogP contribution < -0.4 is 9.47 Å². The number of hydrogen-bond donors (Lipinski definition) is 0. The van der Waals surface area contributed by atoms with E-state index in [1.54, 1.807) is 26.2 Å². The summed E-state index contributed by atoms with van der Waals surface area (Å²) in [4.78, 5) is 0. The Bertz CT molecular complexity index is 302. The van der Waals surface area contributed by atoms with E-state index in [0.717, 1.165) is 29.9 Å². The Balaban J connectivity index is 2.28. The number of aromatic nitrogens is 1. The average molecular weight is 211 g/mol. The molecule has 0 aromatic carbocycles. The van der Waals surface area contributed by atoms with Crippen LogP contribution >= 0.6 is 0 Å². The number of nitrogens with zero attached hydrogens (tertiary/aromatic N) is 1. The molecule has 0 saturated carbocycles. The van der Waals surface area contributed by atoms with E-state index >= 15 is 0 Å². The summed E-state index contributed by atoms with van der Waals surface area (Å²) in [6, 6.07) is 3.42. The largest absolute Gasteiger partial charge is 0.619 e. The van der Waals surface area contributed by atoms with Gasteiger partial charge in [-0.1, -0.05) is 0 Å². The lowest BCUT2D eigenvalue weighted by atomic mass is 10.3. The molecule has 0 amide bonds. The van der Waals surface area contributed by atoms with Gasteiger partial charge in [0.2, 0.25) is 0 Å². The number of ether oxygens (including phenoxy) is 2. The van der Waals surface area contributed by atoms with E-state index in [1.807, 2.05) is 0 Å². The highest BCUT2D eigenvalue weighted by Crippen LogP contribution is 2.09. The van der Waals surface area contributed by atoms with Crippen LogP contribution in [0.5, 0.6) is 5.75 Å². The van der Waals surface area contributed by atoms with Gasteiger partial charge >= 0.3 is 0 Å². The summed E-state index contributed by atoms with van der Waals surface area (Å²) in [6.07, 6.45) is 3.41. The van der Waals surface area contributed by atoms with Crippen LogP contribution in [0.4, 0.5) is 0 Å². The van der Waals surface area contributed by atoms with Gasteiger partial charge in [-0.15, -0.1) is 0 Å². The molecular formula is C11H17NO3. The molecule has 84 valence electrons. The lowest BCUT2D eigenvalue weighted by Crippen LogP contribution is -2.28. The SMILES string of the molecule is COCCCCOc1cc[n+]([O-])c(C)c1. The molecule has 0 atom stereocenters. The van der Waals surface area contributed by atoms with Gasteiger partial charge in [-0.2, -0.15) is 4.73 Å². The third-order valence-corrected chi connectivity index (χ3v) is 2.08. The van der Waals surface area contributed by atoms with Gasteiger partial charge < -0.3 is 14.7 Å². The highest BCUT2D eigenvalue weighted by Gasteiger charge is 2.01. The first kappa shape index (κ1) is 11.8. The minimum atomic E-state index is 0.643. The van der Waals surface area contributed by atoms with Gasteiger partial charge in [0.05, 0.1) is 6.61 Å². The van der Waals surface area contributed by atoms with E-state index in [4.69, 9.17) is 9.47 Å². The molecule has 15 heavy (non-hydrogen) atoms. The van der Waals surface area contributed by atoms with Crippen molar-refractivity contribution in [3.63, 3.8) is 0 Å². The lowest BCUT2D eigenvalue weighted by Gasteiger charge is -2.06. The molecule has 1 aromatic rings. The summed E-state index contributed by atoms with van der Waals surface area (Å²) >= 11 is 0. The molecule has 0 fully saturated rings. The Kier molecular flexibility index (Phi) is 4.90. The number of rotatable bonds is 6. The Morgan fingerprint density at radius 2 is 2.07 bits per heavy atom. The van der Waals surface area contributed by atoms with Gasteiger partial charge in [0, 0.05) is 32.8 Å². The van der Waals surface area contributed by atoms with Crippen LogP contribution in [0.3, 0.4) is 0 Å². The molecule has 0 saturated heterocycles. The quantitative estimate of drug-likeness (QED) is 0.406. The molecule has 0 radical (unpaired) electrons. The van der Waals surface area contributed by atoms with Gasteiger partial charge in [0.15, 0.2) is 11.9 Å². The molecule has 0 aliphatic carbocycles. The van der Waals surface area contributed by atoms with Crippen molar-refractivity contribution < 1.29 is 14.2 Å². The highest BCUT2D eigenvalue weighted by molar-refractivity contribution is 5.18. The van der Waals surface area contributed by atoms with Crippen molar-refractivity contribution >= 4 is 0 Å². The predicted molar refractivity (Wildman–Crippen MR) is 56.7 cm³/mol. The Morgan fingerprint density at radius 3 is 2.73 bits per heavy atom. The van der Waals surface area contributed by atoms with Crippen LogP contribution in [0.1, 0.15) is 18.5 Å². The molecule has 0 unspecified atom stereocenters. The monoisotopic (exact) mass is 211 g/mol. The number of aryl methyl sites for hydroxylation is 1. The van der Waals surface area contributed by atoms with Crippen LogP contribution in [0.25, 0.3) is 0 Å². The van der Waals surface area contributed by atoms with Crippen molar-refractivity contribution in [3.05, 3.63) is 29.2 Å². The summed E-state index contributed by atoms with van der Waals surface area (Å²) in [5.74, 6) is 0.747.